The molecular formula is C10H18F3N3O2. The molecule has 0 saturated heterocycles. The molecule has 8 heteroatoms. The summed E-state index contributed by atoms with van der Waals surface area (Å²) in [6.45, 7) is 1.90. The standard InChI is InChI=1S/C10H18F3N3O2/c1-3-5-16(6-10(11,12)13)9(17)7(4-2)8(14)15-18/h7,18H,3-6H2,1-2H3,(H2,14,15). The fourth-order valence-corrected chi connectivity index (χ4v) is 1.55. The molecule has 0 spiro atoms. The Kier molecular flexibility index (Phi) is 6.50. The zero-order valence-corrected chi connectivity index (χ0v) is 10.4. The number of alkyl halides is 3. The maximum atomic E-state index is 12.3. The lowest BCUT2D eigenvalue weighted by molar-refractivity contribution is -0.162. The first kappa shape index (κ1) is 16.5. The van der Waals surface area contributed by atoms with E-state index in [1.54, 1.807) is 13.8 Å². The van der Waals surface area contributed by atoms with Crippen molar-refractivity contribution in [1.82, 2.24) is 4.90 Å². The van der Waals surface area contributed by atoms with Gasteiger partial charge >= 0.3 is 6.18 Å². The van der Waals surface area contributed by atoms with Crippen LogP contribution in [0.3, 0.4) is 0 Å². The van der Waals surface area contributed by atoms with Gasteiger partial charge in [-0.1, -0.05) is 19.0 Å². The molecule has 0 aliphatic carbocycles. The van der Waals surface area contributed by atoms with Crippen molar-refractivity contribution >= 4 is 11.7 Å². The fourth-order valence-electron chi connectivity index (χ4n) is 1.55. The summed E-state index contributed by atoms with van der Waals surface area (Å²) in [6, 6.07) is 0. The highest BCUT2D eigenvalue weighted by molar-refractivity contribution is 6.02. The summed E-state index contributed by atoms with van der Waals surface area (Å²) < 4.78 is 37.0. The summed E-state index contributed by atoms with van der Waals surface area (Å²) in [6.07, 6.45) is -3.89. The minimum Gasteiger partial charge on any atom is -0.409 e. The summed E-state index contributed by atoms with van der Waals surface area (Å²) >= 11 is 0. The lowest BCUT2D eigenvalue weighted by Crippen LogP contribution is -2.46. The monoisotopic (exact) mass is 269 g/mol. The smallest absolute Gasteiger partial charge is 0.406 e. The van der Waals surface area contributed by atoms with Crippen LogP contribution in [0.5, 0.6) is 0 Å². The second-order valence-electron chi connectivity index (χ2n) is 3.86. The van der Waals surface area contributed by atoms with Gasteiger partial charge in [-0.25, -0.2) is 0 Å². The summed E-state index contributed by atoms with van der Waals surface area (Å²) in [7, 11) is 0. The van der Waals surface area contributed by atoms with Gasteiger partial charge in [-0.2, -0.15) is 13.2 Å². The van der Waals surface area contributed by atoms with Gasteiger partial charge in [0, 0.05) is 6.54 Å². The molecule has 106 valence electrons. The van der Waals surface area contributed by atoms with Crippen molar-refractivity contribution in [1.29, 1.82) is 0 Å². The van der Waals surface area contributed by atoms with E-state index < -0.39 is 24.5 Å². The van der Waals surface area contributed by atoms with Gasteiger partial charge in [0.25, 0.3) is 0 Å². The zero-order chi connectivity index (χ0) is 14.3. The molecule has 0 aliphatic rings. The molecule has 0 aromatic rings. The van der Waals surface area contributed by atoms with Crippen molar-refractivity contribution in [2.45, 2.75) is 32.9 Å². The molecule has 1 unspecified atom stereocenters. The van der Waals surface area contributed by atoms with Crippen LogP contribution in [0.15, 0.2) is 5.16 Å². The molecule has 0 heterocycles. The molecule has 1 atom stereocenters. The second-order valence-corrected chi connectivity index (χ2v) is 3.86. The number of hydrogen-bond acceptors (Lipinski definition) is 3. The Labute approximate surface area is 103 Å². The van der Waals surface area contributed by atoms with Gasteiger partial charge in [0.05, 0.1) is 5.92 Å². The first-order valence-electron chi connectivity index (χ1n) is 5.59. The molecule has 0 fully saturated rings. The van der Waals surface area contributed by atoms with Crippen LogP contribution in [0.2, 0.25) is 0 Å². The third-order valence-corrected chi connectivity index (χ3v) is 2.35. The van der Waals surface area contributed by atoms with E-state index in [2.05, 4.69) is 5.16 Å². The van der Waals surface area contributed by atoms with Gasteiger partial charge in [-0.3, -0.25) is 4.79 Å². The van der Waals surface area contributed by atoms with E-state index in [0.717, 1.165) is 0 Å². The second kappa shape index (κ2) is 7.07. The molecule has 0 aromatic heterocycles. The minimum absolute atomic E-state index is 0.0203. The van der Waals surface area contributed by atoms with E-state index in [-0.39, 0.29) is 18.8 Å². The van der Waals surface area contributed by atoms with Gasteiger partial charge < -0.3 is 15.8 Å². The quantitative estimate of drug-likeness (QED) is 0.332. The molecule has 0 aliphatic heterocycles. The highest BCUT2D eigenvalue weighted by atomic mass is 19.4. The van der Waals surface area contributed by atoms with Gasteiger partial charge in [0.1, 0.15) is 6.54 Å². The zero-order valence-electron chi connectivity index (χ0n) is 10.4. The Morgan fingerprint density at radius 3 is 2.33 bits per heavy atom. The van der Waals surface area contributed by atoms with Crippen molar-refractivity contribution in [3.63, 3.8) is 0 Å². The van der Waals surface area contributed by atoms with Gasteiger partial charge in [-0.15, -0.1) is 0 Å². The van der Waals surface area contributed by atoms with Crippen LogP contribution in [0.4, 0.5) is 13.2 Å². The maximum Gasteiger partial charge on any atom is 0.406 e. The Hall–Kier alpha value is -1.47. The fraction of sp³-hybridized carbons (Fsp3) is 0.800. The lowest BCUT2D eigenvalue weighted by atomic mass is 10.0. The Balaban J connectivity index is 4.94. The van der Waals surface area contributed by atoms with E-state index in [9.17, 15) is 18.0 Å². The summed E-state index contributed by atoms with van der Waals surface area (Å²) in [5.41, 5.74) is 5.30. The largest absolute Gasteiger partial charge is 0.409 e. The number of carbonyl (C=O) groups excluding carboxylic acids is 1. The van der Waals surface area contributed by atoms with Crippen molar-refractivity contribution in [3.8, 4) is 0 Å². The van der Waals surface area contributed by atoms with Crippen molar-refractivity contribution in [2.24, 2.45) is 16.8 Å². The molecule has 3 N–H and O–H groups in total. The first-order valence-corrected chi connectivity index (χ1v) is 5.59. The van der Waals surface area contributed by atoms with Crippen LogP contribution in [0.25, 0.3) is 0 Å². The average molecular weight is 269 g/mol. The Morgan fingerprint density at radius 1 is 1.44 bits per heavy atom. The van der Waals surface area contributed by atoms with Crippen LogP contribution in [-0.2, 0) is 4.79 Å². The summed E-state index contributed by atoms with van der Waals surface area (Å²) in [4.78, 5) is 12.6. The number of nitrogens with two attached hydrogens (primary N) is 1. The first-order chi connectivity index (χ1) is 8.26. The van der Waals surface area contributed by atoms with E-state index in [1.807, 2.05) is 0 Å². The normalized spacial score (nSPS) is 14.4. The van der Waals surface area contributed by atoms with Crippen LogP contribution in [-0.4, -0.2) is 41.1 Å². The Bertz CT molecular complexity index is 305. The van der Waals surface area contributed by atoms with Gasteiger partial charge in [0.15, 0.2) is 5.84 Å². The van der Waals surface area contributed by atoms with E-state index >= 15 is 0 Å². The maximum absolute atomic E-state index is 12.3. The molecular weight excluding hydrogens is 251 g/mol. The molecule has 0 radical (unpaired) electrons. The summed E-state index contributed by atoms with van der Waals surface area (Å²) in [5.74, 6) is -2.17. The van der Waals surface area contributed by atoms with Crippen LogP contribution in [0, 0.1) is 5.92 Å². The molecule has 0 rings (SSSR count). The average Bonchev–Trinajstić information content (AvgIpc) is 2.27. The van der Waals surface area contributed by atoms with E-state index in [4.69, 9.17) is 10.9 Å². The molecule has 0 saturated carbocycles. The number of amides is 1. The predicted molar refractivity (Wildman–Crippen MR) is 60.1 cm³/mol. The van der Waals surface area contributed by atoms with E-state index in [0.29, 0.717) is 11.3 Å². The number of amidine groups is 1. The van der Waals surface area contributed by atoms with Crippen LogP contribution < -0.4 is 5.73 Å². The van der Waals surface area contributed by atoms with Crippen LogP contribution >= 0.6 is 0 Å². The number of nitrogens with zero attached hydrogens (tertiary/aromatic N) is 2. The molecule has 5 nitrogen and oxygen atoms in total. The minimum atomic E-state index is -4.46. The topological polar surface area (TPSA) is 78.9 Å². The molecule has 0 aromatic carbocycles. The van der Waals surface area contributed by atoms with Gasteiger partial charge in [-0.05, 0) is 12.8 Å². The highest BCUT2D eigenvalue weighted by Crippen LogP contribution is 2.19. The molecule has 0 bridgehead atoms. The molecule has 1 amide bonds. The predicted octanol–water partition coefficient (Wildman–Crippen LogP) is 1.56. The lowest BCUT2D eigenvalue weighted by Gasteiger charge is -2.26. The van der Waals surface area contributed by atoms with Crippen molar-refractivity contribution < 1.29 is 23.2 Å². The Morgan fingerprint density at radius 2 is 2.00 bits per heavy atom. The third-order valence-electron chi connectivity index (χ3n) is 2.35. The van der Waals surface area contributed by atoms with Crippen molar-refractivity contribution in [2.75, 3.05) is 13.1 Å². The van der Waals surface area contributed by atoms with Gasteiger partial charge in [0.2, 0.25) is 5.91 Å². The summed E-state index contributed by atoms with van der Waals surface area (Å²) in [5, 5.41) is 11.2. The number of hydrogen-bond donors (Lipinski definition) is 2. The van der Waals surface area contributed by atoms with Crippen LogP contribution in [0.1, 0.15) is 26.7 Å². The molecule has 18 heavy (non-hydrogen) atoms. The number of carbonyl (C=O) groups is 1. The third kappa shape index (κ3) is 5.24. The highest BCUT2D eigenvalue weighted by Gasteiger charge is 2.35. The number of oxime groups is 1. The number of rotatable bonds is 6. The van der Waals surface area contributed by atoms with Crippen molar-refractivity contribution in [3.05, 3.63) is 0 Å². The van der Waals surface area contributed by atoms with E-state index in [1.165, 1.54) is 0 Å². The number of halogens is 3. The SMILES string of the molecule is CCCN(CC(F)(F)F)C(=O)C(CC)C(N)=NO.